The van der Waals surface area contributed by atoms with Crippen LogP contribution in [-0.2, 0) is 13.0 Å². The van der Waals surface area contributed by atoms with Crippen LogP contribution in [0.4, 0.5) is 5.69 Å². The van der Waals surface area contributed by atoms with E-state index in [2.05, 4.69) is 36.7 Å². The van der Waals surface area contributed by atoms with Gasteiger partial charge in [0, 0.05) is 40.5 Å². The third-order valence-corrected chi connectivity index (χ3v) is 8.30. The average molecular weight is 385 g/mol. The highest BCUT2D eigenvalue weighted by Crippen LogP contribution is 2.47. The Balaban J connectivity index is 1.61. The molecule has 1 aliphatic carbocycles. The highest BCUT2D eigenvalue weighted by atomic mass is 32.1. The van der Waals surface area contributed by atoms with Crippen molar-refractivity contribution in [3.05, 3.63) is 48.6 Å². The van der Waals surface area contributed by atoms with E-state index < -0.39 is 0 Å². The molecule has 1 fully saturated rings. The molecule has 146 valence electrons. The van der Waals surface area contributed by atoms with Crippen molar-refractivity contribution in [3.8, 4) is 0 Å². The van der Waals surface area contributed by atoms with Crippen molar-refractivity contribution in [1.82, 2.24) is 4.98 Å². The maximum atomic E-state index is 12.5. The molecule has 0 radical (unpaired) electrons. The SMILES string of the molecule is Cc1cc(C)c(CN2CCc3sc([C@H](C)C4CCCCC4)c(C)c32)c(=O)[nH]1. The molecule has 0 spiro atoms. The number of thiophene rings is 1. The van der Waals surface area contributed by atoms with Gasteiger partial charge in [0.2, 0.25) is 0 Å². The van der Waals surface area contributed by atoms with Crippen LogP contribution < -0.4 is 10.5 Å². The first kappa shape index (κ1) is 18.8. The molecule has 1 N–H and O–H groups in total. The van der Waals surface area contributed by atoms with Gasteiger partial charge in [-0.2, -0.15) is 0 Å². The van der Waals surface area contributed by atoms with Crippen molar-refractivity contribution in [2.75, 3.05) is 11.4 Å². The molecule has 0 aromatic carbocycles. The zero-order valence-electron chi connectivity index (χ0n) is 17.2. The normalized spacial score (nSPS) is 18.7. The van der Waals surface area contributed by atoms with E-state index in [0.29, 0.717) is 5.92 Å². The van der Waals surface area contributed by atoms with Crippen LogP contribution in [0.5, 0.6) is 0 Å². The van der Waals surface area contributed by atoms with Crippen molar-refractivity contribution >= 4 is 17.0 Å². The van der Waals surface area contributed by atoms with Crippen molar-refractivity contribution in [3.63, 3.8) is 0 Å². The minimum absolute atomic E-state index is 0.0737. The van der Waals surface area contributed by atoms with Crippen LogP contribution in [-0.4, -0.2) is 11.5 Å². The summed E-state index contributed by atoms with van der Waals surface area (Å²) >= 11 is 2.05. The Bertz CT molecular complexity index is 889. The minimum atomic E-state index is 0.0737. The summed E-state index contributed by atoms with van der Waals surface area (Å²) < 4.78 is 0. The van der Waals surface area contributed by atoms with Gasteiger partial charge in [0.1, 0.15) is 0 Å². The number of pyridine rings is 1. The second kappa shape index (κ2) is 7.46. The molecule has 0 unspecified atom stereocenters. The lowest BCUT2D eigenvalue weighted by atomic mass is 9.79. The van der Waals surface area contributed by atoms with Crippen LogP contribution in [0.1, 0.15) is 77.1 Å². The van der Waals surface area contributed by atoms with Crippen molar-refractivity contribution in [2.24, 2.45) is 5.92 Å². The molecule has 2 aliphatic rings. The maximum Gasteiger partial charge on any atom is 0.253 e. The van der Waals surface area contributed by atoms with Crippen LogP contribution in [0.25, 0.3) is 0 Å². The van der Waals surface area contributed by atoms with Gasteiger partial charge in [-0.05, 0) is 62.6 Å². The average Bonchev–Trinajstić information content (AvgIpc) is 3.19. The molecule has 0 amide bonds. The third-order valence-electron chi connectivity index (χ3n) is 6.76. The number of rotatable bonds is 4. The first-order valence-electron chi connectivity index (χ1n) is 10.5. The predicted octanol–water partition coefficient (Wildman–Crippen LogP) is 5.61. The summed E-state index contributed by atoms with van der Waals surface area (Å²) in [5.74, 6) is 1.53. The van der Waals surface area contributed by atoms with E-state index in [4.69, 9.17) is 0 Å². The lowest BCUT2D eigenvalue weighted by Gasteiger charge is -2.28. The van der Waals surface area contributed by atoms with Gasteiger partial charge in [-0.1, -0.05) is 26.2 Å². The number of aryl methyl sites for hydroxylation is 2. The standard InChI is InChI=1S/C23H32N2OS/c1-14-12-15(2)24-23(26)19(14)13-25-11-10-20-21(25)17(4)22(27-20)16(3)18-8-6-5-7-9-18/h12,16,18H,5-11,13H2,1-4H3,(H,24,26)/t16-/m1/s1. The Labute approximate surface area is 166 Å². The lowest BCUT2D eigenvalue weighted by Crippen LogP contribution is -2.27. The van der Waals surface area contributed by atoms with Gasteiger partial charge in [0.25, 0.3) is 5.56 Å². The minimum Gasteiger partial charge on any atom is -0.365 e. The topological polar surface area (TPSA) is 36.1 Å². The monoisotopic (exact) mass is 384 g/mol. The number of anilines is 1. The fourth-order valence-electron chi connectivity index (χ4n) is 5.22. The lowest BCUT2D eigenvalue weighted by molar-refractivity contribution is 0.318. The summed E-state index contributed by atoms with van der Waals surface area (Å²) in [6.07, 6.45) is 8.14. The molecule has 1 saturated carbocycles. The zero-order chi connectivity index (χ0) is 19.1. The largest absolute Gasteiger partial charge is 0.365 e. The number of nitrogens with one attached hydrogen (secondary N) is 1. The van der Waals surface area contributed by atoms with Crippen LogP contribution in [0.2, 0.25) is 0 Å². The second-order valence-electron chi connectivity index (χ2n) is 8.66. The van der Waals surface area contributed by atoms with E-state index in [1.807, 2.05) is 18.3 Å². The van der Waals surface area contributed by atoms with Crippen LogP contribution in [0.15, 0.2) is 10.9 Å². The summed E-state index contributed by atoms with van der Waals surface area (Å²) in [7, 11) is 0. The number of hydrogen-bond donors (Lipinski definition) is 1. The van der Waals surface area contributed by atoms with Crippen molar-refractivity contribution in [1.29, 1.82) is 0 Å². The Kier molecular flexibility index (Phi) is 5.19. The molecule has 4 heteroatoms. The highest BCUT2D eigenvalue weighted by molar-refractivity contribution is 7.13. The molecular weight excluding hydrogens is 352 g/mol. The number of fused-ring (bicyclic) bond motifs is 1. The van der Waals surface area contributed by atoms with Gasteiger partial charge in [-0.15, -0.1) is 11.3 Å². The first-order chi connectivity index (χ1) is 13.0. The maximum absolute atomic E-state index is 12.5. The number of aromatic amines is 1. The van der Waals surface area contributed by atoms with Gasteiger partial charge >= 0.3 is 0 Å². The van der Waals surface area contributed by atoms with Crippen LogP contribution in [0, 0.1) is 26.7 Å². The van der Waals surface area contributed by atoms with E-state index in [9.17, 15) is 4.79 Å². The molecule has 2 aromatic heterocycles. The van der Waals surface area contributed by atoms with E-state index >= 15 is 0 Å². The molecule has 0 saturated heterocycles. The van der Waals surface area contributed by atoms with Gasteiger partial charge in [0.15, 0.2) is 0 Å². The van der Waals surface area contributed by atoms with Crippen molar-refractivity contribution in [2.45, 2.75) is 78.7 Å². The van der Waals surface area contributed by atoms with Crippen LogP contribution >= 0.6 is 11.3 Å². The Morgan fingerprint density at radius 2 is 1.96 bits per heavy atom. The second-order valence-corrected chi connectivity index (χ2v) is 9.80. The summed E-state index contributed by atoms with van der Waals surface area (Å²) in [5, 5.41) is 0. The highest BCUT2D eigenvalue weighted by Gasteiger charge is 2.31. The van der Waals surface area contributed by atoms with E-state index in [1.54, 1.807) is 4.88 Å². The van der Waals surface area contributed by atoms with E-state index in [1.165, 1.54) is 48.2 Å². The Morgan fingerprint density at radius 1 is 1.22 bits per heavy atom. The van der Waals surface area contributed by atoms with Crippen molar-refractivity contribution < 1.29 is 0 Å². The molecule has 27 heavy (non-hydrogen) atoms. The number of aromatic nitrogens is 1. The molecule has 1 aliphatic heterocycles. The third kappa shape index (κ3) is 3.49. The van der Waals surface area contributed by atoms with E-state index in [-0.39, 0.29) is 5.56 Å². The molecule has 1 atom stereocenters. The summed E-state index contributed by atoms with van der Waals surface area (Å²) in [6.45, 7) is 10.5. The number of hydrogen-bond acceptors (Lipinski definition) is 3. The molecule has 2 aromatic rings. The predicted molar refractivity (Wildman–Crippen MR) is 115 cm³/mol. The van der Waals surface area contributed by atoms with Gasteiger partial charge in [-0.25, -0.2) is 0 Å². The fraction of sp³-hybridized carbons (Fsp3) is 0.609. The molecule has 3 nitrogen and oxygen atoms in total. The zero-order valence-corrected chi connectivity index (χ0v) is 18.0. The number of nitrogens with zero attached hydrogens (tertiary/aromatic N) is 1. The molecule has 3 heterocycles. The van der Waals surface area contributed by atoms with Crippen LogP contribution in [0.3, 0.4) is 0 Å². The van der Waals surface area contributed by atoms with E-state index in [0.717, 1.165) is 42.2 Å². The molecule has 0 bridgehead atoms. The molecular formula is C23H32N2OS. The Morgan fingerprint density at radius 3 is 2.67 bits per heavy atom. The summed E-state index contributed by atoms with van der Waals surface area (Å²) in [6, 6.07) is 2.09. The summed E-state index contributed by atoms with van der Waals surface area (Å²) in [4.78, 5) is 21.1. The number of H-pyrrole nitrogens is 1. The Hall–Kier alpha value is -1.55. The smallest absolute Gasteiger partial charge is 0.253 e. The molecule has 4 rings (SSSR count). The quantitative estimate of drug-likeness (QED) is 0.744. The van der Waals surface area contributed by atoms with Gasteiger partial charge < -0.3 is 9.88 Å². The van der Waals surface area contributed by atoms with Gasteiger partial charge in [0.05, 0.1) is 5.69 Å². The first-order valence-corrected chi connectivity index (χ1v) is 11.3. The fourth-order valence-corrected chi connectivity index (χ4v) is 6.69. The van der Waals surface area contributed by atoms with Gasteiger partial charge in [-0.3, -0.25) is 4.79 Å². The summed E-state index contributed by atoms with van der Waals surface area (Å²) in [5.41, 5.74) is 5.95.